The number of amides is 1. The van der Waals surface area contributed by atoms with Crippen molar-refractivity contribution in [3.63, 3.8) is 0 Å². The quantitative estimate of drug-likeness (QED) is 0.490. The molecule has 0 aliphatic heterocycles. The third kappa shape index (κ3) is 4.66. The van der Waals surface area contributed by atoms with Gasteiger partial charge in [-0.2, -0.15) is 0 Å². The number of anilines is 1. The summed E-state index contributed by atoms with van der Waals surface area (Å²) >= 11 is 3.02. The van der Waals surface area contributed by atoms with Crippen LogP contribution in [0.2, 0.25) is 0 Å². The summed E-state index contributed by atoms with van der Waals surface area (Å²) in [4.78, 5) is 22.8. The molecule has 8 heteroatoms. The van der Waals surface area contributed by atoms with E-state index in [0.29, 0.717) is 6.54 Å². The van der Waals surface area contributed by atoms with Crippen molar-refractivity contribution < 1.29 is 9.53 Å². The van der Waals surface area contributed by atoms with E-state index in [-0.39, 0.29) is 18.3 Å². The first-order valence-electron chi connectivity index (χ1n) is 9.10. The van der Waals surface area contributed by atoms with Crippen molar-refractivity contribution in [2.75, 3.05) is 38.2 Å². The number of carbonyl (C=O) groups is 1. The van der Waals surface area contributed by atoms with Crippen LogP contribution in [-0.2, 0) is 0 Å². The Balaban J connectivity index is 0.00000280. The van der Waals surface area contributed by atoms with Crippen LogP contribution in [-0.4, -0.2) is 49.1 Å². The van der Waals surface area contributed by atoms with Crippen molar-refractivity contribution in [3.05, 3.63) is 40.1 Å². The molecule has 2 aromatic heterocycles. The summed E-state index contributed by atoms with van der Waals surface area (Å²) in [5.41, 5.74) is 1.96. The Hall–Kier alpha value is -1.67. The molecule has 152 valence electrons. The molecule has 0 aliphatic rings. The van der Waals surface area contributed by atoms with Gasteiger partial charge in [0.15, 0.2) is 5.13 Å². The number of aromatic nitrogens is 1. The van der Waals surface area contributed by atoms with E-state index < -0.39 is 0 Å². The zero-order chi connectivity index (χ0) is 19.4. The summed E-state index contributed by atoms with van der Waals surface area (Å²) in [5.74, 6) is 0.748. The molecule has 0 atom stereocenters. The lowest BCUT2D eigenvalue weighted by atomic mass is 10.2. The molecule has 0 unspecified atom stereocenters. The van der Waals surface area contributed by atoms with Gasteiger partial charge in [-0.15, -0.1) is 23.7 Å². The number of halogens is 1. The monoisotopic (exact) mass is 439 g/mol. The molecule has 28 heavy (non-hydrogen) atoms. The van der Waals surface area contributed by atoms with Crippen LogP contribution in [0.15, 0.2) is 29.6 Å². The fourth-order valence-electron chi connectivity index (χ4n) is 2.98. The van der Waals surface area contributed by atoms with Crippen molar-refractivity contribution in [1.29, 1.82) is 0 Å². The minimum Gasteiger partial charge on any atom is -0.494 e. The van der Waals surface area contributed by atoms with Crippen LogP contribution in [0.25, 0.3) is 10.2 Å². The number of carbonyl (C=O) groups excluding carboxylic acids is 1. The van der Waals surface area contributed by atoms with E-state index in [4.69, 9.17) is 9.72 Å². The van der Waals surface area contributed by atoms with Gasteiger partial charge in [-0.05, 0) is 43.1 Å². The number of thiophene rings is 1. The molecule has 5 nitrogen and oxygen atoms in total. The summed E-state index contributed by atoms with van der Waals surface area (Å²) < 4.78 is 6.54. The van der Waals surface area contributed by atoms with E-state index in [0.717, 1.165) is 51.2 Å². The standard InChI is InChI=1S/C20H25N3O2S2.ClH/c1-5-22(6-2)11-12-23(19(24)16-8-7-13-26-16)20-21-17-15(25-4)10-9-14(3)18(17)27-20;/h7-10,13H,5-6,11-12H2,1-4H3;1H. The third-order valence-corrected chi connectivity index (χ3v) is 6.73. The number of thiazole rings is 1. The number of benzene rings is 1. The van der Waals surface area contributed by atoms with Crippen molar-refractivity contribution in [3.8, 4) is 5.75 Å². The minimum atomic E-state index is 0. The van der Waals surface area contributed by atoms with E-state index in [9.17, 15) is 4.79 Å². The molecule has 0 bridgehead atoms. The second-order valence-corrected chi connectivity index (χ2v) is 8.15. The highest BCUT2D eigenvalue weighted by atomic mass is 35.5. The number of methoxy groups -OCH3 is 1. The first-order valence-corrected chi connectivity index (χ1v) is 10.8. The Morgan fingerprint density at radius 1 is 1.18 bits per heavy atom. The molecule has 3 aromatic rings. The lowest BCUT2D eigenvalue weighted by molar-refractivity contribution is 0.0987. The number of nitrogens with zero attached hydrogens (tertiary/aromatic N) is 3. The number of hydrogen-bond donors (Lipinski definition) is 0. The molecule has 0 radical (unpaired) electrons. The van der Waals surface area contributed by atoms with Gasteiger partial charge < -0.3 is 9.64 Å². The van der Waals surface area contributed by atoms with Gasteiger partial charge in [0, 0.05) is 13.1 Å². The number of ether oxygens (including phenoxy) is 1. The van der Waals surface area contributed by atoms with E-state index in [1.807, 2.05) is 34.5 Å². The first kappa shape index (κ1) is 22.6. The van der Waals surface area contributed by atoms with Crippen LogP contribution < -0.4 is 9.64 Å². The SMILES string of the molecule is CCN(CC)CCN(C(=O)c1cccs1)c1nc2c(OC)ccc(C)c2s1.Cl. The number of fused-ring (bicyclic) bond motifs is 1. The highest BCUT2D eigenvalue weighted by Gasteiger charge is 2.23. The Morgan fingerprint density at radius 2 is 1.93 bits per heavy atom. The second-order valence-electron chi connectivity index (χ2n) is 6.22. The number of hydrogen-bond acceptors (Lipinski definition) is 6. The zero-order valence-corrected chi connectivity index (χ0v) is 19.0. The van der Waals surface area contributed by atoms with Gasteiger partial charge in [-0.3, -0.25) is 9.69 Å². The summed E-state index contributed by atoms with van der Waals surface area (Å²) in [6, 6.07) is 7.75. The van der Waals surface area contributed by atoms with Crippen LogP contribution in [0.3, 0.4) is 0 Å². The van der Waals surface area contributed by atoms with Crippen LogP contribution in [0, 0.1) is 6.92 Å². The third-order valence-electron chi connectivity index (χ3n) is 4.65. The van der Waals surface area contributed by atoms with Crippen molar-refractivity contribution in [1.82, 2.24) is 9.88 Å². The minimum absolute atomic E-state index is 0. The molecule has 0 fully saturated rings. The lowest BCUT2D eigenvalue weighted by Gasteiger charge is -2.24. The highest BCUT2D eigenvalue weighted by molar-refractivity contribution is 7.22. The molecular weight excluding hydrogens is 414 g/mol. The topological polar surface area (TPSA) is 45.7 Å². The summed E-state index contributed by atoms with van der Waals surface area (Å²) in [5, 5.41) is 2.66. The second kappa shape index (κ2) is 10.2. The van der Waals surface area contributed by atoms with Crippen LogP contribution in [0.1, 0.15) is 29.1 Å². The van der Waals surface area contributed by atoms with Crippen LogP contribution >= 0.6 is 35.1 Å². The average Bonchev–Trinajstić information content (AvgIpc) is 3.36. The first-order chi connectivity index (χ1) is 13.1. The number of likely N-dealkylation sites (N-methyl/N-ethyl adjacent to an activating group) is 1. The predicted molar refractivity (Wildman–Crippen MR) is 122 cm³/mol. The largest absolute Gasteiger partial charge is 0.494 e. The van der Waals surface area contributed by atoms with Crippen molar-refractivity contribution in [2.24, 2.45) is 0 Å². The predicted octanol–water partition coefficient (Wildman–Crippen LogP) is 5.09. The molecule has 1 aromatic carbocycles. The smallest absolute Gasteiger partial charge is 0.270 e. The van der Waals surface area contributed by atoms with Gasteiger partial charge in [0.2, 0.25) is 0 Å². The van der Waals surface area contributed by atoms with Gasteiger partial charge in [0.05, 0.1) is 16.7 Å². The number of rotatable bonds is 8. The maximum Gasteiger partial charge on any atom is 0.270 e. The maximum atomic E-state index is 13.2. The fourth-order valence-corrected chi connectivity index (χ4v) is 4.72. The molecule has 1 amide bonds. The molecule has 3 rings (SSSR count). The molecular formula is C20H26ClN3O2S2. The Kier molecular flexibility index (Phi) is 8.24. The molecule has 2 heterocycles. The summed E-state index contributed by atoms with van der Waals surface area (Å²) in [6.45, 7) is 9.69. The van der Waals surface area contributed by atoms with Gasteiger partial charge in [-0.1, -0.05) is 37.3 Å². The maximum absolute atomic E-state index is 13.2. The van der Waals surface area contributed by atoms with Gasteiger partial charge >= 0.3 is 0 Å². The summed E-state index contributed by atoms with van der Waals surface area (Å²) in [7, 11) is 1.65. The van der Waals surface area contributed by atoms with E-state index in [2.05, 4.69) is 25.7 Å². The van der Waals surface area contributed by atoms with Crippen LogP contribution in [0.4, 0.5) is 5.13 Å². The van der Waals surface area contributed by atoms with Gasteiger partial charge in [0.25, 0.3) is 5.91 Å². The van der Waals surface area contributed by atoms with Gasteiger partial charge in [0.1, 0.15) is 11.3 Å². The molecule has 0 saturated heterocycles. The fraction of sp³-hybridized carbons (Fsp3) is 0.400. The molecule has 0 saturated carbocycles. The van der Waals surface area contributed by atoms with E-state index in [1.165, 1.54) is 11.3 Å². The Labute approximate surface area is 180 Å². The van der Waals surface area contributed by atoms with E-state index >= 15 is 0 Å². The number of aryl methyl sites for hydroxylation is 1. The zero-order valence-electron chi connectivity index (χ0n) is 16.6. The van der Waals surface area contributed by atoms with Gasteiger partial charge in [-0.25, -0.2) is 4.98 Å². The Bertz CT molecular complexity index is 908. The molecule has 0 N–H and O–H groups in total. The van der Waals surface area contributed by atoms with Crippen molar-refractivity contribution >= 4 is 56.3 Å². The lowest BCUT2D eigenvalue weighted by Crippen LogP contribution is -2.38. The van der Waals surface area contributed by atoms with E-state index in [1.54, 1.807) is 18.4 Å². The highest BCUT2D eigenvalue weighted by Crippen LogP contribution is 2.37. The Morgan fingerprint density at radius 3 is 2.54 bits per heavy atom. The summed E-state index contributed by atoms with van der Waals surface area (Å²) in [6.07, 6.45) is 0. The van der Waals surface area contributed by atoms with Crippen LogP contribution in [0.5, 0.6) is 5.75 Å². The molecule has 0 aliphatic carbocycles. The van der Waals surface area contributed by atoms with Crippen molar-refractivity contribution in [2.45, 2.75) is 20.8 Å². The normalized spacial score (nSPS) is 10.9. The average molecular weight is 440 g/mol. The molecule has 0 spiro atoms.